The number of aryl methyl sites for hydroxylation is 1. The van der Waals surface area contributed by atoms with Crippen molar-refractivity contribution in [2.75, 3.05) is 7.11 Å². The van der Waals surface area contributed by atoms with Crippen LogP contribution >= 0.6 is 0 Å². The van der Waals surface area contributed by atoms with Crippen molar-refractivity contribution < 1.29 is 13.5 Å². The fourth-order valence-electron chi connectivity index (χ4n) is 1.90. The molecule has 4 nitrogen and oxygen atoms in total. The monoisotopic (exact) mass is 279 g/mol. The number of ether oxygens (including phenoxy) is 1. The number of halogens is 2. The number of hydrogen-bond donors (Lipinski definition) is 1. The van der Waals surface area contributed by atoms with Gasteiger partial charge in [0.2, 0.25) is 5.88 Å². The van der Waals surface area contributed by atoms with Crippen molar-refractivity contribution in [3.63, 3.8) is 0 Å². The predicted octanol–water partition coefficient (Wildman–Crippen LogP) is 2.31. The number of methoxy groups -OCH3 is 1. The molecule has 2 rings (SSSR count). The van der Waals surface area contributed by atoms with Gasteiger partial charge in [0.15, 0.2) is 0 Å². The summed E-state index contributed by atoms with van der Waals surface area (Å²) in [6, 6.07) is 3.29. The maximum absolute atomic E-state index is 13.8. The molecule has 1 heterocycles. The fourth-order valence-corrected chi connectivity index (χ4v) is 1.90. The summed E-state index contributed by atoms with van der Waals surface area (Å²) < 4.78 is 32.0. The van der Waals surface area contributed by atoms with Crippen LogP contribution in [0.2, 0.25) is 0 Å². The largest absolute Gasteiger partial charge is 0.481 e. The lowest BCUT2D eigenvalue weighted by Gasteiger charge is -2.14. The van der Waals surface area contributed by atoms with Gasteiger partial charge in [-0.3, -0.25) is 0 Å². The van der Waals surface area contributed by atoms with Crippen molar-refractivity contribution in [1.82, 2.24) is 9.97 Å². The van der Waals surface area contributed by atoms with E-state index in [-0.39, 0.29) is 5.56 Å². The topological polar surface area (TPSA) is 61.0 Å². The highest BCUT2D eigenvalue weighted by Gasteiger charge is 2.15. The van der Waals surface area contributed by atoms with Gasteiger partial charge in [-0.1, -0.05) is 0 Å². The van der Waals surface area contributed by atoms with Gasteiger partial charge in [-0.2, -0.15) is 0 Å². The molecule has 0 spiro atoms. The van der Waals surface area contributed by atoms with E-state index in [0.29, 0.717) is 23.6 Å². The first-order valence-corrected chi connectivity index (χ1v) is 6.07. The molecule has 2 N–H and O–H groups in total. The molecule has 0 fully saturated rings. The second-order valence-corrected chi connectivity index (χ2v) is 4.49. The zero-order valence-corrected chi connectivity index (χ0v) is 11.2. The summed E-state index contributed by atoms with van der Waals surface area (Å²) in [5.74, 6) is -0.818. The third-order valence-electron chi connectivity index (χ3n) is 3.01. The fraction of sp³-hybridized carbons (Fsp3) is 0.286. The van der Waals surface area contributed by atoms with Crippen molar-refractivity contribution in [1.29, 1.82) is 0 Å². The first-order chi connectivity index (χ1) is 9.51. The van der Waals surface area contributed by atoms with Gasteiger partial charge in [-0.25, -0.2) is 18.7 Å². The number of hydrogen-bond acceptors (Lipinski definition) is 4. The molecule has 0 aliphatic heterocycles. The van der Waals surface area contributed by atoms with Crippen molar-refractivity contribution in [3.8, 4) is 5.88 Å². The second-order valence-electron chi connectivity index (χ2n) is 4.49. The average Bonchev–Trinajstić information content (AvgIpc) is 2.43. The molecule has 1 atom stereocenters. The molecular weight excluding hydrogens is 264 g/mol. The number of nitrogens with two attached hydrogens (primary N) is 1. The first-order valence-electron chi connectivity index (χ1n) is 6.07. The molecule has 20 heavy (non-hydrogen) atoms. The molecule has 106 valence electrons. The second kappa shape index (κ2) is 5.92. The molecule has 0 saturated heterocycles. The van der Waals surface area contributed by atoms with E-state index < -0.39 is 17.7 Å². The molecule has 0 amide bonds. The van der Waals surface area contributed by atoms with E-state index in [1.807, 2.05) is 0 Å². The highest BCUT2D eigenvalue weighted by atomic mass is 19.1. The number of aromatic nitrogens is 2. The van der Waals surface area contributed by atoms with E-state index in [2.05, 4.69) is 9.97 Å². The van der Waals surface area contributed by atoms with Gasteiger partial charge in [0, 0.05) is 35.9 Å². The molecule has 0 radical (unpaired) electrons. The minimum absolute atomic E-state index is 0.265. The third kappa shape index (κ3) is 3.08. The lowest BCUT2D eigenvalue weighted by Crippen LogP contribution is -2.16. The molecule has 0 aliphatic carbocycles. The van der Waals surface area contributed by atoms with Gasteiger partial charge < -0.3 is 10.5 Å². The Morgan fingerprint density at radius 1 is 1.20 bits per heavy atom. The summed E-state index contributed by atoms with van der Waals surface area (Å²) in [6.45, 7) is 1.57. The molecule has 6 heteroatoms. The van der Waals surface area contributed by atoms with E-state index >= 15 is 0 Å². The van der Waals surface area contributed by atoms with Gasteiger partial charge in [-0.05, 0) is 18.6 Å². The highest BCUT2D eigenvalue weighted by molar-refractivity contribution is 5.29. The summed E-state index contributed by atoms with van der Waals surface area (Å²) in [7, 11) is 1.50. The van der Waals surface area contributed by atoms with Gasteiger partial charge >= 0.3 is 0 Å². The summed E-state index contributed by atoms with van der Waals surface area (Å²) in [5.41, 5.74) is 7.23. The van der Waals surface area contributed by atoms with E-state index in [9.17, 15) is 8.78 Å². The zero-order valence-electron chi connectivity index (χ0n) is 11.2. The Morgan fingerprint density at radius 2 is 1.95 bits per heavy atom. The Bertz CT molecular complexity index is 619. The summed E-state index contributed by atoms with van der Waals surface area (Å²) in [4.78, 5) is 7.94. The maximum atomic E-state index is 13.8. The quantitative estimate of drug-likeness (QED) is 0.933. The number of benzene rings is 1. The van der Waals surface area contributed by atoms with Crippen molar-refractivity contribution >= 4 is 0 Å². The molecule has 1 aromatic heterocycles. The Labute approximate surface area is 115 Å². The molecule has 0 saturated carbocycles. The van der Waals surface area contributed by atoms with Crippen LogP contribution in [0.5, 0.6) is 5.88 Å². The lowest BCUT2D eigenvalue weighted by molar-refractivity contribution is 0.395. The van der Waals surface area contributed by atoms with Crippen LogP contribution in [0.4, 0.5) is 8.78 Å². The van der Waals surface area contributed by atoms with Crippen molar-refractivity contribution in [2.45, 2.75) is 19.4 Å². The van der Waals surface area contributed by atoms with Crippen LogP contribution in [0.25, 0.3) is 0 Å². The summed E-state index contributed by atoms with van der Waals surface area (Å²) in [5, 5.41) is 0. The van der Waals surface area contributed by atoms with Gasteiger partial charge in [0.1, 0.15) is 18.0 Å². The smallest absolute Gasteiger partial charge is 0.216 e. The SMILES string of the molecule is COc1cc(CC(N)c2cc(C)c(F)cc2F)ncn1. The van der Waals surface area contributed by atoms with Crippen molar-refractivity contribution in [3.05, 3.63) is 53.0 Å². The predicted molar refractivity (Wildman–Crippen MR) is 70.3 cm³/mol. The Hall–Kier alpha value is -2.08. The van der Waals surface area contributed by atoms with E-state index in [4.69, 9.17) is 10.5 Å². The zero-order chi connectivity index (χ0) is 14.7. The van der Waals surface area contributed by atoms with Gasteiger partial charge in [-0.15, -0.1) is 0 Å². The summed E-state index contributed by atoms with van der Waals surface area (Å²) in [6.07, 6.45) is 1.66. The standard InChI is InChI=1S/C14H15F2N3O/c1-8-3-10(12(16)6-11(8)15)13(17)4-9-5-14(20-2)19-7-18-9/h3,5-7,13H,4,17H2,1-2H3. The van der Waals surface area contributed by atoms with E-state index in [1.165, 1.54) is 19.5 Å². The minimum Gasteiger partial charge on any atom is -0.481 e. The number of rotatable bonds is 4. The van der Waals surface area contributed by atoms with Crippen LogP contribution in [0.15, 0.2) is 24.5 Å². The van der Waals surface area contributed by atoms with Crippen LogP contribution in [0.1, 0.15) is 22.9 Å². The number of nitrogens with zero attached hydrogens (tertiary/aromatic N) is 2. The van der Waals surface area contributed by atoms with Gasteiger partial charge in [0.05, 0.1) is 7.11 Å². The van der Waals surface area contributed by atoms with Crippen LogP contribution in [0.3, 0.4) is 0 Å². The molecule has 1 aromatic carbocycles. The molecular formula is C14H15F2N3O. The van der Waals surface area contributed by atoms with Crippen LogP contribution in [-0.2, 0) is 6.42 Å². The third-order valence-corrected chi connectivity index (χ3v) is 3.01. The van der Waals surface area contributed by atoms with Crippen molar-refractivity contribution in [2.24, 2.45) is 5.73 Å². The minimum atomic E-state index is -0.651. The molecule has 1 unspecified atom stereocenters. The van der Waals surface area contributed by atoms with E-state index in [0.717, 1.165) is 6.07 Å². The van der Waals surface area contributed by atoms with Crippen LogP contribution < -0.4 is 10.5 Å². The lowest BCUT2D eigenvalue weighted by atomic mass is 10.00. The normalized spacial score (nSPS) is 12.2. The van der Waals surface area contributed by atoms with Gasteiger partial charge in [0.25, 0.3) is 0 Å². The Morgan fingerprint density at radius 3 is 2.65 bits per heavy atom. The molecule has 2 aromatic rings. The maximum Gasteiger partial charge on any atom is 0.216 e. The van der Waals surface area contributed by atoms with Crippen LogP contribution in [0, 0.1) is 18.6 Å². The highest BCUT2D eigenvalue weighted by Crippen LogP contribution is 2.22. The average molecular weight is 279 g/mol. The summed E-state index contributed by atoms with van der Waals surface area (Å²) >= 11 is 0. The van der Waals surface area contributed by atoms with Crippen LogP contribution in [-0.4, -0.2) is 17.1 Å². The van der Waals surface area contributed by atoms with E-state index in [1.54, 1.807) is 13.0 Å². The Kier molecular flexibility index (Phi) is 4.24. The Balaban J connectivity index is 2.23. The first kappa shape index (κ1) is 14.3. The molecule has 0 bridgehead atoms. The molecule has 0 aliphatic rings.